The van der Waals surface area contributed by atoms with Crippen LogP contribution in [0.15, 0.2) is 28.7 Å². The maximum Gasteiger partial charge on any atom is 0.316 e. The Morgan fingerprint density at radius 3 is 2.40 bits per heavy atom. The summed E-state index contributed by atoms with van der Waals surface area (Å²) >= 11 is 3.39. The summed E-state index contributed by atoms with van der Waals surface area (Å²) in [7, 11) is 1.45. The number of ether oxygens (including phenoxy) is 1. The average Bonchev–Trinajstić information content (AvgIpc) is 2.91. The first-order chi connectivity index (χ1) is 7.11. The van der Waals surface area contributed by atoms with Crippen molar-refractivity contribution in [1.29, 1.82) is 0 Å². The van der Waals surface area contributed by atoms with Crippen molar-refractivity contribution in [1.82, 2.24) is 0 Å². The van der Waals surface area contributed by atoms with Gasteiger partial charge in [0, 0.05) is 4.47 Å². The van der Waals surface area contributed by atoms with Gasteiger partial charge in [-0.25, -0.2) is 0 Å². The summed E-state index contributed by atoms with van der Waals surface area (Å²) in [6, 6.07) is 7.91. The minimum Gasteiger partial charge on any atom is -0.468 e. The van der Waals surface area contributed by atoms with Crippen LogP contribution >= 0.6 is 15.9 Å². The van der Waals surface area contributed by atoms with Gasteiger partial charge in [0.1, 0.15) is 0 Å². The molecule has 0 spiro atoms. The molecule has 1 aromatic carbocycles. The van der Waals surface area contributed by atoms with Gasteiger partial charge in [-0.15, -0.1) is 0 Å². The number of halogens is 1. The first kappa shape index (κ1) is 10.7. The van der Waals surface area contributed by atoms with Crippen LogP contribution in [0.1, 0.15) is 18.9 Å². The summed E-state index contributed by atoms with van der Waals surface area (Å²) in [5.41, 5.74) is 0.681. The van der Waals surface area contributed by atoms with E-state index in [-0.39, 0.29) is 11.4 Å². The molecule has 1 saturated carbocycles. The zero-order valence-electron chi connectivity index (χ0n) is 8.79. The van der Waals surface area contributed by atoms with Crippen molar-refractivity contribution in [2.75, 3.05) is 7.11 Å². The fourth-order valence-electron chi connectivity index (χ4n) is 2.16. The van der Waals surface area contributed by atoms with Gasteiger partial charge in [-0.2, -0.15) is 0 Å². The van der Waals surface area contributed by atoms with E-state index < -0.39 is 0 Å². The number of carbonyl (C=O) groups is 1. The van der Waals surface area contributed by atoms with E-state index in [0.29, 0.717) is 5.92 Å². The minimum atomic E-state index is -0.380. The summed E-state index contributed by atoms with van der Waals surface area (Å²) in [6.07, 6.45) is 0.890. The highest BCUT2D eigenvalue weighted by molar-refractivity contribution is 9.10. The summed E-state index contributed by atoms with van der Waals surface area (Å²) in [5, 5.41) is 0. The molecule has 0 saturated heterocycles. The van der Waals surface area contributed by atoms with Gasteiger partial charge in [-0.05, 0) is 30.0 Å². The van der Waals surface area contributed by atoms with Crippen LogP contribution in [0, 0.1) is 5.92 Å². The molecule has 1 fully saturated rings. The Labute approximate surface area is 97.8 Å². The van der Waals surface area contributed by atoms with Crippen LogP contribution in [-0.4, -0.2) is 13.1 Å². The van der Waals surface area contributed by atoms with Crippen LogP contribution in [0.5, 0.6) is 0 Å². The second-order valence-corrected chi connectivity index (χ2v) is 4.99. The average molecular weight is 269 g/mol. The Morgan fingerprint density at radius 2 is 2.00 bits per heavy atom. The van der Waals surface area contributed by atoms with Crippen molar-refractivity contribution in [3.8, 4) is 0 Å². The van der Waals surface area contributed by atoms with E-state index in [1.165, 1.54) is 7.11 Å². The number of hydrogen-bond donors (Lipinski definition) is 0. The highest BCUT2D eigenvalue weighted by atomic mass is 79.9. The number of carbonyl (C=O) groups excluding carboxylic acids is 1. The number of hydrogen-bond acceptors (Lipinski definition) is 2. The number of methoxy groups -OCH3 is 1. The van der Waals surface area contributed by atoms with E-state index in [9.17, 15) is 4.79 Å². The van der Waals surface area contributed by atoms with Gasteiger partial charge in [0.2, 0.25) is 0 Å². The number of benzene rings is 1. The molecule has 1 aliphatic rings. The SMILES string of the molecule is COC(=O)C1(c2ccc(Br)cc2)CC1C. The smallest absolute Gasteiger partial charge is 0.316 e. The standard InChI is InChI=1S/C12H13BrO2/c1-8-7-12(8,11(14)15-2)9-3-5-10(13)6-4-9/h3-6,8H,7H2,1-2H3. The Balaban J connectivity index is 2.36. The Bertz CT molecular complexity index is 385. The van der Waals surface area contributed by atoms with Gasteiger partial charge >= 0.3 is 5.97 Å². The molecule has 0 radical (unpaired) electrons. The molecule has 0 bridgehead atoms. The number of rotatable bonds is 2. The Kier molecular flexibility index (Phi) is 2.59. The van der Waals surface area contributed by atoms with Crippen molar-refractivity contribution in [3.05, 3.63) is 34.3 Å². The third kappa shape index (κ3) is 1.59. The molecule has 2 nitrogen and oxygen atoms in total. The highest BCUT2D eigenvalue weighted by Crippen LogP contribution is 2.54. The Hall–Kier alpha value is -0.830. The molecule has 0 amide bonds. The lowest BCUT2D eigenvalue weighted by atomic mass is 9.94. The third-order valence-corrected chi connectivity index (χ3v) is 3.75. The summed E-state index contributed by atoms with van der Waals surface area (Å²) in [4.78, 5) is 11.8. The summed E-state index contributed by atoms with van der Waals surface area (Å²) in [5.74, 6) is 0.267. The van der Waals surface area contributed by atoms with Gasteiger partial charge in [0.15, 0.2) is 0 Å². The van der Waals surface area contributed by atoms with E-state index in [1.54, 1.807) is 0 Å². The van der Waals surface area contributed by atoms with Crippen LogP contribution in [-0.2, 0) is 14.9 Å². The molecule has 80 valence electrons. The largest absolute Gasteiger partial charge is 0.468 e. The topological polar surface area (TPSA) is 26.3 Å². The molecule has 3 heteroatoms. The Morgan fingerprint density at radius 1 is 1.47 bits per heavy atom. The normalized spacial score (nSPS) is 28.6. The number of esters is 1. The van der Waals surface area contributed by atoms with Gasteiger partial charge in [-0.1, -0.05) is 35.0 Å². The predicted molar refractivity (Wildman–Crippen MR) is 61.6 cm³/mol. The molecular weight excluding hydrogens is 256 g/mol. The minimum absolute atomic E-state index is 0.114. The fourth-order valence-corrected chi connectivity index (χ4v) is 2.42. The maximum atomic E-state index is 11.8. The molecule has 1 aromatic rings. The van der Waals surface area contributed by atoms with Crippen LogP contribution < -0.4 is 0 Å². The monoisotopic (exact) mass is 268 g/mol. The first-order valence-electron chi connectivity index (χ1n) is 4.95. The van der Waals surface area contributed by atoms with Crippen LogP contribution in [0.2, 0.25) is 0 Å². The van der Waals surface area contributed by atoms with Gasteiger partial charge < -0.3 is 4.74 Å². The molecule has 2 atom stereocenters. The molecule has 15 heavy (non-hydrogen) atoms. The van der Waals surface area contributed by atoms with Crippen LogP contribution in [0.4, 0.5) is 0 Å². The van der Waals surface area contributed by atoms with E-state index in [4.69, 9.17) is 4.74 Å². The van der Waals surface area contributed by atoms with Crippen molar-refractivity contribution in [2.45, 2.75) is 18.8 Å². The molecular formula is C12H13BrO2. The molecule has 1 aliphatic carbocycles. The molecule has 0 aliphatic heterocycles. The maximum absolute atomic E-state index is 11.8. The van der Waals surface area contributed by atoms with Crippen molar-refractivity contribution < 1.29 is 9.53 Å². The lowest BCUT2D eigenvalue weighted by molar-refractivity contribution is -0.144. The lowest BCUT2D eigenvalue weighted by Gasteiger charge is -2.14. The van der Waals surface area contributed by atoms with Crippen molar-refractivity contribution in [3.63, 3.8) is 0 Å². The molecule has 0 N–H and O–H groups in total. The van der Waals surface area contributed by atoms with Gasteiger partial charge in [-0.3, -0.25) is 4.79 Å². The van der Waals surface area contributed by atoms with Crippen molar-refractivity contribution in [2.24, 2.45) is 5.92 Å². The zero-order valence-corrected chi connectivity index (χ0v) is 10.4. The van der Waals surface area contributed by atoms with E-state index >= 15 is 0 Å². The second-order valence-electron chi connectivity index (χ2n) is 4.07. The molecule has 2 rings (SSSR count). The fraction of sp³-hybridized carbons (Fsp3) is 0.417. The van der Waals surface area contributed by atoms with E-state index in [2.05, 4.69) is 22.9 Å². The zero-order chi connectivity index (χ0) is 11.1. The van der Waals surface area contributed by atoms with Crippen LogP contribution in [0.25, 0.3) is 0 Å². The quantitative estimate of drug-likeness (QED) is 0.772. The van der Waals surface area contributed by atoms with Gasteiger partial charge in [0.25, 0.3) is 0 Å². The van der Waals surface area contributed by atoms with E-state index in [1.807, 2.05) is 24.3 Å². The van der Waals surface area contributed by atoms with Crippen molar-refractivity contribution >= 4 is 21.9 Å². The molecule has 2 unspecified atom stereocenters. The lowest BCUT2D eigenvalue weighted by Crippen LogP contribution is -2.23. The first-order valence-corrected chi connectivity index (χ1v) is 5.75. The third-order valence-electron chi connectivity index (χ3n) is 3.22. The summed E-state index contributed by atoms with van der Waals surface area (Å²) in [6.45, 7) is 2.08. The summed E-state index contributed by atoms with van der Waals surface area (Å²) < 4.78 is 5.91. The molecule has 0 aromatic heterocycles. The molecule has 0 heterocycles. The predicted octanol–water partition coefficient (Wildman–Crippen LogP) is 2.90. The second kappa shape index (κ2) is 3.63. The van der Waals surface area contributed by atoms with Crippen LogP contribution in [0.3, 0.4) is 0 Å². The van der Waals surface area contributed by atoms with E-state index in [0.717, 1.165) is 16.5 Å². The van der Waals surface area contributed by atoms with Gasteiger partial charge in [0.05, 0.1) is 12.5 Å². The highest BCUT2D eigenvalue weighted by Gasteiger charge is 2.59.